The molecule has 1 heterocycles. The van der Waals surface area contributed by atoms with Gasteiger partial charge in [-0.15, -0.1) is 0 Å². The third-order valence-electron chi connectivity index (χ3n) is 3.84. The van der Waals surface area contributed by atoms with Gasteiger partial charge in [-0.25, -0.2) is 4.79 Å². The molecule has 0 aliphatic carbocycles. The maximum atomic E-state index is 12.5. The number of aryl methyl sites for hydroxylation is 1. The highest BCUT2D eigenvalue weighted by Crippen LogP contribution is 2.34. The molecular formula is C17H23NO4. The van der Waals surface area contributed by atoms with Gasteiger partial charge in [-0.05, 0) is 50.8 Å². The van der Waals surface area contributed by atoms with Crippen LogP contribution < -0.4 is 4.90 Å². The molecule has 1 aromatic carbocycles. The molecule has 0 aromatic heterocycles. The van der Waals surface area contributed by atoms with Gasteiger partial charge in [0.2, 0.25) is 0 Å². The SMILES string of the molecule is COC(=O)c1ccc(C)c2c1N(C(=O)COC(C)C)CCC2. The van der Waals surface area contributed by atoms with Crippen molar-refractivity contribution in [3.63, 3.8) is 0 Å². The molecular weight excluding hydrogens is 282 g/mol. The standard InChI is InChI=1S/C17H23NO4/c1-11(2)22-10-15(19)18-9-5-6-13-12(3)7-8-14(16(13)18)17(20)21-4/h7-8,11H,5-6,9-10H2,1-4H3. The normalized spacial score (nSPS) is 14.0. The summed E-state index contributed by atoms with van der Waals surface area (Å²) in [7, 11) is 1.35. The average Bonchev–Trinajstić information content (AvgIpc) is 2.52. The number of methoxy groups -OCH3 is 1. The number of fused-ring (bicyclic) bond motifs is 1. The lowest BCUT2D eigenvalue weighted by atomic mass is 9.93. The van der Waals surface area contributed by atoms with Crippen LogP contribution in [0.2, 0.25) is 0 Å². The second kappa shape index (κ2) is 6.92. The van der Waals surface area contributed by atoms with Crippen LogP contribution in [-0.4, -0.2) is 38.2 Å². The van der Waals surface area contributed by atoms with Crippen LogP contribution in [0.1, 0.15) is 41.8 Å². The monoisotopic (exact) mass is 305 g/mol. The van der Waals surface area contributed by atoms with Crippen molar-refractivity contribution in [2.24, 2.45) is 0 Å². The van der Waals surface area contributed by atoms with E-state index in [2.05, 4.69) is 0 Å². The number of hydrogen-bond acceptors (Lipinski definition) is 4. The predicted molar refractivity (Wildman–Crippen MR) is 84.3 cm³/mol. The lowest BCUT2D eigenvalue weighted by molar-refractivity contribution is -0.124. The van der Waals surface area contributed by atoms with Crippen LogP contribution in [0.3, 0.4) is 0 Å². The van der Waals surface area contributed by atoms with Crippen LogP contribution in [0.5, 0.6) is 0 Å². The Labute approximate surface area is 131 Å². The van der Waals surface area contributed by atoms with E-state index in [9.17, 15) is 9.59 Å². The van der Waals surface area contributed by atoms with Crippen LogP contribution in [0, 0.1) is 6.92 Å². The zero-order chi connectivity index (χ0) is 16.3. The predicted octanol–water partition coefficient (Wildman–Crippen LogP) is 2.49. The second-order valence-corrected chi connectivity index (χ2v) is 5.76. The molecule has 0 fully saturated rings. The van der Waals surface area contributed by atoms with Crippen LogP contribution >= 0.6 is 0 Å². The molecule has 0 bridgehead atoms. The lowest BCUT2D eigenvalue weighted by Gasteiger charge is -2.32. The smallest absolute Gasteiger partial charge is 0.339 e. The summed E-state index contributed by atoms with van der Waals surface area (Å²) >= 11 is 0. The number of benzene rings is 1. The van der Waals surface area contributed by atoms with Gasteiger partial charge in [0.25, 0.3) is 5.91 Å². The number of anilines is 1. The largest absolute Gasteiger partial charge is 0.465 e. The highest BCUT2D eigenvalue weighted by atomic mass is 16.5. The van der Waals surface area contributed by atoms with E-state index in [1.807, 2.05) is 26.8 Å². The molecule has 0 atom stereocenters. The molecule has 1 amide bonds. The molecule has 1 aliphatic rings. The summed E-state index contributed by atoms with van der Waals surface area (Å²) in [5, 5.41) is 0. The Balaban J connectivity index is 2.41. The number of esters is 1. The van der Waals surface area contributed by atoms with E-state index in [0.29, 0.717) is 17.8 Å². The van der Waals surface area contributed by atoms with Gasteiger partial charge in [-0.1, -0.05) is 6.07 Å². The Hall–Kier alpha value is -1.88. The molecule has 0 saturated heterocycles. The molecule has 0 unspecified atom stereocenters. The summed E-state index contributed by atoms with van der Waals surface area (Å²) < 4.78 is 10.3. The Kier molecular flexibility index (Phi) is 5.19. The van der Waals surface area contributed by atoms with Crippen LogP contribution in [0.25, 0.3) is 0 Å². The van der Waals surface area contributed by atoms with Gasteiger partial charge >= 0.3 is 5.97 Å². The highest BCUT2D eigenvalue weighted by Gasteiger charge is 2.29. The maximum Gasteiger partial charge on any atom is 0.339 e. The second-order valence-electron chi connectivity index (χ2n) is 5.76. The van der Waals surface area contributed by atoms with Gasteiger partial charge in [0.05, 0.1) is 24.5 Å². The number of hydrogen-bond donors (Lipinski definition) is 0. The number of carbonyl (C=O) groups is 2. The summed E-state index contributed by atoms with van der Waals surface area (Å²) in [6, 6.07) is 3.64. The van der Waals surface area contributed by atoms with Crippen molar-refractivity contribution >= 4 is 17.6 Å². The van der Waals surface area contributed by atoms with Crippen molar-refractivity contribution in [3.8, 4) is 0 Å². The van der Waals surface area contributed by atoms with E-state index < -0.39 is 5.97 Å². The number of rotatable bonds is 4. The first-order chi connectivity index (χ1) is 10.5. The van der Waals surface area contributed by atoms with Crippen LogP contribution in [0.4, 0.5) is 5.69 Å². The zero-order valence-electron chi connectivity index (χ0n) is 13.6. The van der Waals surface area contributed by atoms with Gasteiger partial charge in [0.15, 0.2) is 0 Å². The third kappa shape index (κ3) is 3.30. The fourth-order valence-corrected chi connectivity index (χ4v) is 2.73. The minimum atomic E-state index is -0.416. The van der Waals surface area contributed by atoms with E-state index in [0.717, 1.165) is 24.0 Å². The topological polar surface area (TPSA) is 55.8 Å². The minimum Gasteiger partial charge on any atom is -0.465 e. The van der Waals surface area contributed by atoms with Crippen molar-refractivity contribution in [1.29, 1.82) is 0 Å². The van der Waals surface area contributed by atoms with Gasteiger partial charge in [-0.3, -0.25) is 4.79 Å². The molecule has 2 rings (SSSR count). The molecule has 5 heteroatoms. The lowest BCUT2D eigenvalue weighted by Crippen LogP contribution is -2.39. The Morgan fingerprint density at radius 1 is 1.32 bits per heavy atom. The van der Waals surface area contributed by atoms with Crippen molar-refractivity contribution in [1.82, 2.24) is 0 Å². The Bertz CT molecular complexity index is 580. The quantitative estimate of drug-likeness (QED) is 0.802. The fourth-order valence-electron chi connectivity index (χ4n) is 2.73. The van der Waals surface area contributed by atoms with E-state index >= 15 is 0 Å². The number of ether oxygens (including phenoxy) is 2. The van der Waals surface area contributed by atoms with Crippen molar-refractivity contribution in [2.45, 2.75) is 39.7 Å². The molecule has 0 spiro atoms. The van der Waals surface area contributed by atoms with Crippen molar-refractivity contribution in [3.05, 3.63) is 28.8 Å². The van der Waals surface area contributed by atoms with E-state index in [-0.39, 0.29) is 18.6 Å². The first kappa shape index (κ1) is 16.5. The third-order valence-corrected chi connectivity index (χ3v) is 3.84. The molecule has 1 aliphatic heterocycles. The van der Waals surface area contributed by atoms with E-state index in [4.69, 9.17) is 9.47 Å². The van der Waals surface area contributed by atoms with Gasteiger partial charge in [0.1, 0.15) is 6.61 Å². The average molecular weight is 305 g/mol. The molecule has 0 radical (unpaired) electrons. The number of nitrogens with zero attached hydrogens (tertiary/aromatic N) is 1. The van der Waals surface area contributed by atoms with Gasteiger partial charge in [-0.2, -0.15) is 0 Å². The first-order valence-electron chi connectivity index (χ1n) is 7.58. The number of amides is 1. The highest BCUT2D eigenvalue weighted by molar-refractivity contribution is 6.04. The van der Waals surface area contributed by atoms with Gasteiger partial charge in [0, 0.05) is 6.54 Å². The molecule has 22 heavy (non-hydrogen) atoms. The molecule has 5 nitrogen and oxygen atoms in total. The maximum absolute atomic E-state index is 12.5. The van der Waals surface area contributed by atoms with Crippen LogP contribution in [-0.2, 0) is 20.7 Å². The zero-order valence-corrected chi connectivity index (χ0v) is 13.6. The molecule has 0 N–H and O–H groups in total. The van der Waals surface area contributed by atoms with E-state index in [1.54, 1.807) is 11.0 Å². The van der Waals surface area contributed by atoms with Crippen molar-refractivity contribution in [2.75, 3.05) is 25.2 Å². The van der Waals surface area contributed by atoms with Crippen LogP contribution in [0.15, 0.2) is 12.1 Å². The number of carbonyl (C=O) groups excluding carboxylic acids is 2. The van der Waals surface area contributed by atoms with E-state index in [1.165, 1.54) is 7.11 Å². The minimum absolute atomic E-state index is 0.00852. The Morgan fingerprint density at radius 3 is 2.68 bits per heavy atom. The summed E-state index contributed by atoms with van der Waals surface area (Å²) in [6.45, 7) is 6.40. The summed E-state index contributed by atoms with van der Waals surface area (Å²) in [4.78, 5) is 26.2. The first-order valence-corrected chi connectivity index (χ1v) is 7.58. The summed E-state index contributed by atoms with van der Waals surface area (Å²) in [5.41, 5.74) is 3.27. The fraction of sp³-hybridized carbons (Fsp3) is 0.529. The molecule has 120 valence electrons. The molecule has 1 aromatic rings. The van der Waals surface area contributed by atoms with Gasteiger partial charge < -0.3 is 14.4 Å². The Morgan fingerprint density at radius 2 is 2.05 bits per heavy atom. The van der Waals surface area contributed by atoms with Crippen molar-refractivity contribution < 1.29 is 19.1 Å². The molecule has 0 saturated carbocycles. The summed E-state index contributed by atoms with van der Waals surface area (Å²) in [6.07, 6.45) is 1.73. The summed E-state index contributed by atoms with van der Waals surface area (Å²) in [5.74, 6) is -0.536.